The van der Waals surface area contributed by atoms with Crippen LogP contribution in [0.1, 0.15) is 0 Å². The molecule has 0 radical (unpaired) electrons. The van der Waals surface area contributed by atoms with Crippen LogP contribution in [0.25, 0.3) is 0 Å². The molecule has 2 atom stereocenters. The second-order valence-corrected chi connectivity index (χ2v) is 2.92. The fourth-order valence-electron chi connectivity index (χ4n) is 0.130. The molecular weight excluding hydrogens is 191 g/mol. The van der Waals surface area contributed by atoms with Crippen molar-refractivity contribution in [2.24, 2.45) is 0 Å². The Hall–Kier alpha value is 1.18. The minimum Gasteiger partial charge on any atom is -0.771 e. The number of rotatable bonds is 4. The van der Waals surface area contributed by atoms with Gasteiger partial charge in [-0.3, -0.25) is 8.39 Å². The summed E-state index contributed by atoms with van der Waals surface area (Å²) in [5.41, 5.74) is 0. The molecule has 2 unspecified atom stereocenters. The zero-order chi connectivity index (χ0) is 7.28. The average Bonchev–Trinajstić information content (AvgIpc) is 1.83. The maximum atomic E-state index is 10.1. The van der Waals surface area contributed by atoms with Crippen molar-refractivity contribution in [2.75, 3.05) is 11.9 Å². The third-order valence-corrected chi connectivity index (χ3v) is 1.43. The largest absolute Gasteiger partial charge is 1.00 e. The predicted octanol–water partition coefficient (Wildman–Crippen LogP) is -4.54. The third-order valence-electron chi connectivity index (χ3n) is 0.381. The van der Waals surface area contributed by atoms with E-state index in [4.69, 9.17) is 5.11 Å². The van der Waals surface area contributed by atoms with Crippen molar-refractivity contribution in [3.63, 3.8) is 0 Å². The Bertz CT molecular complexity index is 127. The monoisotopic (exact) mass is 196 g/mol. The van der Waals surface area contributed by atoms with E-state index in [1.54, 1.807) is 0 Å². The van der Waals surface area contributed by atoms with E-state index in [2.05, 4.69) is 4.18 Å². The minimum atomic E-state index is -2.36. The molecule has 0 aromatic carbocycles. The Morgan fingerprint density at radius 1 is 1.50 bits per heavy atom. The van der Waals surface area contributed by atoms with Gasteiger partial charge in [0.1, 0.15) is 11.9 Å². The summed E-state index contributed by atoms with van der Waals surface area (Å²) in [6.45, 7) is 0. The maximum absolute atomic E-state index is 10.1. The Morgan fingerprint density at radius 2 is 2.00 bits per heavy atom. The van der Waals surface area contributed by atoms with E-state index in [1.165, 1.54) is 0 Å². The van der Waals surface area contributed by atoms with Crippen molar-refractivity contribution in [1.29, 1.82) is 0 Å². The number of aliphatic hydroxyl groups excluding tert-OH is 1. The molecular formula is C2H5NaO5S2. The van der Waals surface area contributed by atoms with Crippen LogP contribution in [0, 0.1) is 0 Å². The van der Waals surface area contributed by atoms with Crippen LogP contribution in [0.5, 0.6) is 0 Å². The first-order valence-electron chi connectivity index (χ1n) is 1.85. The number of hydrogen-bond acceptors (Lipinski definition) is 5. The van der Waals surface area contributed by atoms with Gasteiger partial charge in [0.25, 0.3) is 0 Å². The molecule has 0 aliphatic rings. The van der Waals surface area contributed by atoms with Crippen molar-refractivity contribution < 1.29 is 51.8 Å². The van der Waals surface area contributed by atoms with Gasteiger partial charge in [-0.25, -0.2) is 4.21 Å². The average molecular weight is 196 g/mol. The van der Waals surface area contributed by atoms with Gasteiger partial charge in [0, 0.05) is 0 Å². The van der Waals surface area contributed by atoms with E-state index >= 15 is 0 Å². The van der Waals surface area contributed by atoms with Gasteiger partial charge in [-0.15, -0.1) is 0 Å². The maximum Gasteiger partial charge on any atom is 1.00 e. The van der Waals surface area contributed by atoms with Crippen molar-refractivity contribution in [1.82, 2.24) is 0 Å². The van der Waals surface area contributed by atoms with Crippen LogP contribution >= 0.6 is 0 Å². The molecule has 0 aromatic rings. The Kier molecular flexibility index (Phi) is 11.4. The topological polar surface area (TPSA) is 86.7 Å². The molecule has 56 valence electrons. The van der Waals surface area contributed by atoms with Crippen LogP contribution in [0.2, 0.25) is 0 Å². The van der Waals surface area contributed by atoms with Gasteiger partial charge < -0.3 is 9.66 Å². The Balaban J connectivity index is 0. The van der Waals surface area contributed by atoms with E-state index in [0.717, 1.165) is 0 Å². The van der Waals surface area contributed by atoms with Gasteiger partial charge in [0.05, 0.1) is 0 Å². The SMILES string of the molecule is O=S([O-])COS(=O)CO.[Na+]. The van der Waals surface area contributed by atoms with E-state index < -0.39 is 34.0 Å². The molecule has 0 bridgehead atoms. The summed E-state index contributed by atoms with van der Waals surface area (Å²) < 4.78 is 33.5. The molecule has 0 spiro atoms. The van der Waals surface area contributed by atoms with Crippen LogP contribution in [0.3, 0.4) is 0 Å². The van der Waals surface area contributed by atoms with E-state index in [1.807, 2.05) is 0 Å². The van der Waals surface area contributed by atoms with Crippen molar-refractivity contribution >= 4 is 22.2 Å². The molecule has 0 fully saturated rings. The number of hydrogen-bond donors (Lipinski definition) is 1. The predicted molar refractivity (Wildman–Crippen MR) is 30.1 cm³/mol. The second kappa shape index (κ2) is 8.28. The number of aliphatic hydroxyl groups is 1. The van der Waals surface area contributed by atoms with Gasteiger partial charge in [-0.05, 0) is 11.1 Å². The van der Waals surface area contributed by atoms with E-state index in [-0.39, 0.29) is 29.6 Å². The Morgan fingerprint density at radius 3 is 2.30 bits per heavy atom. The van der Waals surface area contributed by atoms with Gasteiger partial charge in [0.15, 0.2) is 11.1 Å². The van der Waals surface area contributed by atoms with Gasteiger partial charge in [-0.1, -0.05) is 0 Å². The second-order valence-electron chi connectivity index (χ2n) is 0.972. The molecule has 10 heavy (non-hydrogen) atoms. The van der Waals surface area contributed by atoms with Crippen LogP contribution in [-0.2, 0) is 26.3 Å². The standard InChI is InChI=1S/C2H6O5S2.Na/c3-1-9(6)7-2-8(4)5;/h3H,1-2H2,(H,4,5);/q;+1/p-1. The molecule has 1 N–H and O–H groups in total. The minimum absolute atomic E-state index is 0. The first-order valence-corrected chi connectivity index (χ1v) is 4.34. The molecule has 0 saturated heterocycles. The first-order chi connectivity index (χ1) is 4.16. The normalized spacial score (nSPS) is 15.4. The van der Waals surface area contributed by atoms with Crippen LogP contribution in [0.15, 0.2) is 0 Å². The molecule has 8 heteroatoms. The Labute approximate surface area is 85.4 Å². The molecule has 0 heterocycles. The summed E-state index contributed by atoms with van der Waals surface area (Å²) in [4.78, 5) is 0. The zero-order valence-corrected chi connectivity index (χ0v) is 8.94. The van der Waals surface area contributed by atoms with Crippen molar-refractivity contribution in [2.45, 2.75) is 0 Å². The first kappa shape index (κ1) is 13.7. The van der Waals surface area contributed by atoms with Crippen molar-refractivity contribution in [3.05, 3.63) is 0 Å². The van der Waals surface area contributed by atoms with Crippen LogP contribution < -0.4 is 29.6 Å². The zero-order valence-electron chi connectivity index (χ0n) is 5.31. The molecule has 0 aromatic heterocycles. The molecule has 0 amide bonds. The van der Waals surface area contributed by atoms with Gasteiger partial charge >= 0.3 is 29.6 Å². The van der Waals surface area contributed by atoms with Crippen molar-refractivity contribution in [3.8, 4) is 0 Å². The smallest absolute Gasteiger partial charge is 0.771 e. The fourth-order valence-corrected chi connectivity index (χ4v) is 0.948. The third kappa shape index (κ3) is 9.18. The molecule has 0 aliphatic heterocycles. The van der Waals surface area contributed by atoms with Crippen LogP contribution in [0.4, 0.5) is 0 Å². The van der Waals surface area contributed by atoms with Gasteiger partial charge in [-0.2, -0.15) is 0 Å². The molecule has 0 aliphatic carbocycles. The van der Waals surface area contributed by atoms with E-state index in [9.17, 15) is 13.0 Å². The molecule has 0 rings (SSSR count). The fraction of sp³-hybridized carbons (Fsp3) is 1.00. The summed E-state index contributed by atoms with van der Waals surface area (Å²) in [6, 6.07) is 0. The molecule has 0 saturated carbocycles. The summed E-state index contributed by atoms with van der Waals surface area (Å²) in [5, 5.41) is 8.02. The molecule has 5 nitrogen and oxygen atoms in total. The summed E-state index contributed by atoms with van der Waals surface area (Å²) in [6.07, 6.45) is 0. The summed E-state index contributed by atoms with van der Waals surface area (Å²) >= 11 is -4.25. The summed E-state index contributed by atoms with van der Waals surface area (Å²) in [7, 11) is 0. The quantitative estimate of drug-likeness (QED) is 0.361. The van der Waals surface area contributed by atoms with Gasteiger partial charge in [0.2, 0.25) is 0 Å². The summed E-state index contributed by atoms with van der Waals surface area (Å²) in [5.74, 6) is -1.33. The van der Waals surface area contributed by atoms with E-state index in [0.29, 0.717) is 0 Å². The van der Waals surface area contributed by atoms with Crippen LogP contribution in [-0.4, -0.2) is 30.0 Å².